The number of para-hydroxylation sites is 2. The maximum atomic E-state index is 13.5. The monoisotopic (exact) mass is 444 g/mol. The van der Waals surface area contributed by atoms with Gasteiger partial charge in [0.15, 0.2) is 0 Å². The van der Waals surface area contributed by atoms with E-state index in [1.165, 1.54) is 4.57 Å². The first-order valence-corrected chi connectivity index (χ1v) is 10.8. The molecule has 0 bridgehead atoms. The Bertz CT molecular complexity index is 1110. The first-order chi connectivity index (χ1) is 15.2. The zero-order valence-electron chi connectivity index (χ0n) is 18.2. The Hall–Kier alpha value is -2.87. The van der Waals surface area contributed by atoms with Gasteiger partial charge in [0.1, 0.15) is 0 Å². The highest BCUT2D eigenvalue weighted by Gasteiger charge is 2.38. The molecule has 1 N–H and O–H groups in total. The van der Waals surface area contributed by atoms with Crippen molar-refractivity contribution in [2.75, 3.05) is 25.0 Å². The van der Waals surface area contributed by atoms with Crippen LogP contribution in [0, 0.1) is 19.8 Å². The lowest BCUT2D eigenvalue weighted by molar-refractivity contribution is -0.147. The number of halogens is 3. The normalized spacial score (nSPS) is 15.9. The zero-order chi connectivity index (χ0) is 22.9. The minimum absolute atomic E-state index is 0.0737. The number of rotatable bonds is 5. The first kappa shape index (κ1) is 22.3. The summed E-state index contributed by atoms with van der Waals surface area (Å²) in [6, 6.07) is 12.6. The predicted octanol–water partition coefficient (Wildman–Crippen LogP) is 5.02. The highest BCUT2D eigenvalue weighted by Crippen LogP contribution is 2.33. The summed E-state index contributed by atoms with van der Waals surface area (Å²) in [5.74, 6) is -0.809. The lowest BCUT2D eigenvalue weighted by Gasteiger charge is -2.32. The molecule has 5 nitrogen and oxygen atoms in total. The summed E-state index contributed by atoms with van der Waals surface area (Å²) in [4.78, 5) is 18.4. The minimum Gasteiger partial charge on any atom is -0.325 e. The molecule has 2 aromatic carbocycles. The third kappa shape index (κ3) is 4.96. The second-order valence-corrected chi connectivity index (χ2v) is 8.62. The number of hydrogen-bond donors (Lipinski definition) is 1. The molecule has 0 spiro atoms. The molecule has 1 aromatic heterocycles. The van der Waals surface area contributed by atoms with Crippen LogP contribution in [0.5, 0.6) is 0 Å². The summed E-state index contributed by atoms with van der Waals surface area (Å²) in [6.45, 7) is 5.88. The lowest BCUT2D eigenvalue weighted by Crippen LogP contribution is -2.40. The Morgan fingerprint density at radius 2 is 1.84 bits per heavy atom. The molecule has 1 aliphatic heterocycles. The van der Waals surface area contributed by atoms with Crippen LogP contribution in [-0.4, -0.2) is 40.0 Å². The summed E-state index contributed by atoms with van der Waals surface area (Å²) in [5, 5.41) is 2.96. The number of nitrogens with zero attached hydrogens (tertiary/aromatic N) is 3. The number of piperidine rings is 1. The van der Waals surface area contributed by atoms with E-state index in [0.717, 1.165) is 29.7 Å². The van der Waals surface area contributed by atoms with E-state index in [1.807, 2.05) is 32.0 Å². The van der Waals surface area contributed by atoms with Crippen LogP contribution in [0.1, 0.15) is 29.8 Å². The van der Waals surface area contributed by atoms with E-state index < -0.39 is 12.0 Å². The van der Waals surface area contributed by atoms with Gasteiger partial charge in [0.2, 0.25) is 11.7 Å². The Balaban J connectivity index is 1.36. The van der Waals surface area contributed by atoms with E-state index in [9.17, 15) is 18.0 Å². The Morgan fingerprint density at radius 3 is 2.53 bits per heavy atom. The maximum absolute atomic E-state index is 13.5. The molecule has 0 aliphatic carbocycles. The van der Waals surface area contributed by atoms with Crippen molar-refractivity contribution in [1.29, 1.82) is 0 Å². The Labute approximate surface area is 185 Å². The van der Waals surface area contributed by atoms with Crippen molar-refractivity contribution in [3.05, 3.63) is 59.4 Å². The number of fused-ring (bicyclic) bond motifs is 1. The number of anilines is 1. The van der Waals surface area contributed by atoms with Gasteiger partial charge >= 0.3 is 6.18 Å². The molecule has 8 heteroatoms. The summed E-state index contributed by atoms with van der Waals surface area (Å²) < 4.78 is 41.9. The average molecular weight is 445 g/mol. The summed E-state index contributed by atoms with van der Waals surface area (Å²) in [6.07, 6.45) is -3.02. The van der Waals surface area contributed by atoms with Crippen molar-refractivity contribution < 1.29 is 18.0 Å². The number of carbonyl (C=O) groups is 1. The van der Waals surface area contributed by atoms with Crippen molar-refractivity contribution in [2.45, 2.75) is 39.4 Å². The van der Waals surface area contributed by atoms with E-state index in [0.29, 0.717) is 24.1 Å². The first-order valence-electron chi connectivity index (χ1n) is 10.8. The van der Waals surface area contributed by atoms with Crippen LogP contribution < -0.4 is 5.32 Å². The quantitative estimate of drug-likeness (QED) is 0.601. The minimum atomic E-state index is -4.49. The van der Waals surface area contributed by atoms with E-state index in [4.69, 9.17) is 0 Å². The molecule has 170 valence electrons. The van der Waals surface area contributed by atoms with Crippen molar-refractivity contribution >= 4 is 22.6 Å². The highest BCUT2D eigenvalue weighted by molar-refractivity contribution is 5.93. The van der Waals surface area contributed by atoms with Crippen LogP contribution in [0.2, 0.25) is 0 Å². The van der Waals surface area contributed by atoms with Gasteiger partial charge in [-0.2, -0.15) is 13.2 Å². The standard InChI is InChI=1S/C24H27F3N4O/c1-16-7-8-19(17(2)13-16)28-22(32)15-30-11-9-18(10-12-30)14-31-21-6-4-3-5-20(21)29-23(31)24(25,26)27/h3-8,13,18H,9-12,14-15H2,1-2H3,(H,28,32). The molecule has 3 aromatic rings. The Kier molecular flexibility index (Phi) is 6.24. The molecule has 1 fully saturated rings. The second kappa shape index (κ2) is 8.94. The maximum Gasteiger partial charge on any atom is 0.449 e. The van der Waals surface area contributed by atoms with Crippen molar-refractivity contribution in [1.82, 2.24) is 14.5 Å². The van der Waals surface area contributed by atoms with Gasteiger partial charge < -0.3 is 9.88 Å². The topological polar surface area (TPSA) is 50.2 Å². The van der Waals surface area contributed by atoms with Crippen LogP contribution in [0.4, 0.5) is 18.9 Å². The van der Waals surface area contributed by atoms with Crippen LogP contribution in [0.3, 0.4) is 0 Å². The molecule has 0 saturated carbocycles. The van der Waals surface area contributed by atoms with Gasteiger partial charge in [0.25, 0.3) is 0 Å². The van der Waals surface area contributed by atoms with Gasteiger partial charge in [-0.25, -0.2) is 4.98 Å². The molecule has 1 saturated heterocycles. The number of benzene rings is 2. The number of aryl methyl sites for hydroxylation is 2. The number of likely N-dealkylation sites (tertiary alicyclic amines) is 1. The summed E-state index contributed by atoms with van der Waals surface area (Å²) in [7, 11) is 0. The van der Waals surface area contributed by atoms with Gasteiger partial charge in [-0.05, 0) is 69.5 Å². The van der Waals surface area contributed by atoms with Crippen LogP contribution in [0.25, 0.3) is 11.0 Å². The molecule has 1 amide bonds. The predicted molar refractivity (Wildman–Crippen MR) is 118 cm³/mol. The van der Waals surface area contributed by atoms with Gasteiger partial charge in [-0.15, -0.1) is 0 Å². The number of hydrogen-bond acceptors (Lipinski definition) is 3. The summed E-state index contributed by atoms with van der Waals surface area (Å²) in [5.41, 5.74) is 3.84. The molecular weight excluding hydrogens is 417 g/mol. The molecule has 32 heavy (non-hydrogen) atoms. The number of aromatic nitrogens is 2. The Morgan fingerprint density at radius 1 is 1.12 bits per heavy atom. The fourth-order valence-corrected chi connectivity index (χ4v) is 4.41. The van der Waals surface area contributed by atoms with Gasteiger partial charge in [-0.1, -0.05) is 29.8 Å². The SMILES string of the molecule is Cc1ccc(NC(=O)CN2CCC(Cn3c(C(F)(F)F)nc4ccccc43)CC2)c(C)c1. The van der Waals surface area contributed by atoms with Crippen molar-refractivity contribution in [3.8, 4) is 0 Å². The van der Waals surface area contributed by atoms with Crippen LogP contribution in [-0.2, 0) is 17.5 Å². The van der Waals surface area contributed by atoms with Gasteiger partial charge in [0.05, 0.1) is 17.6 Å². The van der Waals surface area contributed by atoms with Gasteiger partial charge in [0, 0.05) is 12.2 Å². The number of alkyl halides is 3. The van der Waals surface area contributed by atoms with Crippen LogP contribution in [0.15, 0.2) is 42.5 Å². The smallest absolute Gasteiger partial charge is 0.325 e. The fourth-order valence-electron chi connectivity index (χ4n) is 4.41. The van der Waals surface area contributed by atoms with E-state index in [2.05, 4.69) is 15.2 Å². The van der Waals surface area contributed by atoms with Gasteiger partial charge in [-0.3, -0.25) is 9.69 Å². The number of imidazole rings is 1. The zero-order valence-corrected chi connectivity index (χ0v) is 18.2. The summed E-state index contributed by atoms with van der Waals surface area (Å²) >= 11 is 0. The second-order valence-electron chi connectivity index (χ2n) is 8.62. The molecule has 1 aliphatic rings. The number of carbonyl (C=O) groups excluding carboxylic acids is 1. The van der Waals surface area contributed by atoms with E-state index >= 15 is 0 Å². The lowest BCUT2D eigenvalue weighted by atomic mass is 9.96. The van der Waals surface area contributed by atoms with Crippen LogP contribution >= 0.6 is 0 Å². The molecule has 0 unspecified atom stereocenters. The molecular formula is C24H27F3N4O. The van der Waals surface area contributed by atoms with Crippen molar-refractivity contribution in [3.63, 3.8) is 0 Å². The largest absolute Gasteiger partial charge is 0.449 e. The molecule has 0 radical (unpaired) electrons. The third-order valence-corrected chi connectivity index (χ3v) is 6.08. The number of amides is 1. The average Bonchev–Trinajstić information content (AvgIpc) is 3.11. The van der Waals surface area contributed by atoms with Crippen molar-refractivity contribution in [2.24, 2.45) is 5.92 Å². The number of nitrogens with one attached hydrogen (secondary N) is 1. The highest BCUT2D eigenvalue weighted by atomic mass is 19.4. The molecule has 4 rings (SSSR count). The third-order valence-electron chi connectivity index (χ3n) is 6.08. The molecule has 0 atom stereocenters. The van der Waals surface area contributed by atoms with E-state index in [-0.39, 0.29) is 24.9 Å². The molecule has 2 heterocycles. The fraction of sp³-hybridized carbons (Fsp3) is 0.417. The van der Waals surface area contributed by atoms with E-state index in [1.54, 1.807) is 24.3 Å².